The Hall–Kier alpha value is -1.08. The van der Waals surface area contributed by atoms with Crippen molar-refractivity contribution in [1.29, 1.82) is 0 Å². The van der Waals surface area contributed by atoms with Gasteiger partial charge in [0.15, 0.2) is 0 Å². The lowest BCUT2D eigenvalue weighted by atomic mass is 10.1. The van der Waals surface area contributed by atoms with Gasteiger partial charge in [0.05, 0.1) is 0 Å². The Labute approximate surface area is 86.1 Å². The van der Waals surface area contributed by atoms with Crippen LogP contribution in [0.4, 0.5) is 0 Å². The first kappa shape index (κ1) is 11.0. The molecule has 0 amide bonds. The molecule has 14 heavy (non-hydrogen) atoms. The highest BCUT2D eigenvalue weighted by Gasteiger charge is 1.94. The monoisotopic (exact) mass is 190 g/mol. The molecular formula is C13H18O. The minimum absolute atomic E-state index is 0.262. The summed E-state index contributed by atoms with van der Waals surface area (Å²) in [5.74, 6) is 0.357. The van der Waals surface area contributed by atoms with E-state index in [-0.39, 0.29) is 6.61 Å². The minimum Gasteiger partial charge on any atom is -0.396 e. The van der Waals surface area contributed by atoms with Crippen molar-refractivity contribution in [2.24, 2.45) is 5.92 Å². The molecule has 1 atom stereocenters. The second-order valence-electron chi connectivity index (χ2n) is 3.84. The van der Waals surface area contributed by atoms with Gasteiger partial charge in [-0.25, -0.2) is 0 Å². The van der Waals surface area contributed by atoms with Gasteiger partial charge in [-0.05, 0) is 24.8 Å². The number of allylic oxidation sites excluding steroid dienone is 1. The smallest absolute Gasteiger partial charge is 0.0459 e. The van der Waals surface area contributed by atoms with Gasteiger partial charge in [0.2, 0.25) is 0 Å². The third-order valence-corrected chi connectivity index (χ3v) is 2.20. The normalized spacial score (nSPS) is 13.4. The van der Waals surface area contributed by atoms with Crippen LogP contribution in [-0.2, 0) is 0 Å². The molecule has 0 saturated carbocycles. The van der Waals surface area contributed by atoms with Crippen LogP contribution in [0.5, 0.6) is 0 Å². The van der Waals surface area contributed by atoms with Gasteiger partial charge in [0.25, 0.3) is 0 Å². The lowest BCUT2D eigenvalue weighted by molar-refractivity contribution is 0.239. The van der Waals surface area contributed by atoms with Crippen molar-refractivity contribution in [1.82, 2.24) is 0 Å². The number of aryl methyl sites for hydroxylation is 1. The van der Waals surface area contributed by atoms with Crippen LogP contribution in [0.25, 0.3) is 6.08 Å². The Kier molecular flexibility index (Phi) is 4.41. The first-order chi connectivity index (χ1) is 6.72. The largest absolute Gasteiger partial charge is 0.396 e. The molecule has 0 aliphatic carbocycles. The topological polar surface area (TPSA) is 20.2 Å². The Bertz CT molecular complexity index is 302. The first-order valence-electron chi connectivity index (χ1n) is 5.06. The van der Waals surface area contributed by atoms with E-state index in [0.717, 1.165) is 6.42 Å². The average Bonchev–Trinajstić information content (AvgIpc) is 2.17. The van der Waals surface area contributed by atoms with Gasteiger partial charge in [0, 0.05) is 6.61 Å². The molecule has 0 heterocycles. The molecule has 0 unspecified atom stereocenters. The van der Waals surface area contributed by atoms with Crippen LogP contribution in [0.15, 0.2) is 30.3 Å². The summed E-state index contributed by atoms with van der Waals surface area (Å²) in [4.78, 5) is 0. The molecule has 76 valence electrons. The van der Waals surface area contributed by atoms with E-state index in [1.54, 1.807) is 0 Å². The molecule has 1 aromatic rings. The van der Waals surface area contributed by atoms with Crippen LogP contribution in [-0.4, -0.2) is 11.7 Å². The van der Waals surface area contributed by atoms with Crippen LogP contribution < -0.4 is 0 Å². The van der Waals surface area contributed by atoms with E-state index in [2.05, 4.69) is 43.3 Å². The van der Waals surface area contributed by atoms with Crippen molar-refractivity contribution in [3.8, 4) is 0 Å². The highest BCUT2D eigenvalue weighted by molar-refractivity contribution is 5.50. The Balaban J connectivity index is 2.51. The van der Waals surface area contributed by atoms with Crippen molar-refractivity contribution < 1.29 is 5.11 Å². The predicted molar refractivity (Wildman–Crippen MR) is 61.1 cm³/mol. The van der Waals surface area contributed by atoms with Crippen LogP contribution >= 0.6 is 0 Å². The van der Waals surface area contributed by atoms with E-state index < -0.39 is 0 Å². The summed E-state index contributed by atoms with van der Waals surface area (Å²) in [5, 5.41) is 8.84. The van der Waals surface area contributed by atoms with Gasteiger partial charge in [0.1, 0.15) is 0 Å². The lowest BCUT2D eigenvalue weighted by Gasteiger charge is -2.01. The fourth-order valence-corrected chi connectivity index (χ4v) is 1.28. The minimum atomic E-state index is 0.262. The van der Waals surface area contributed by atoms with Crippen LogP contribution in [0.3, 0.4) is 0 Å². The summed E-state index contributed by atoms with van der Waals surface area (Å²) in [5.41, 5.74) is 2.51. The SMILES string of the molecule is Cc1cccc(/C=C/C[C@H](C)CO)c1. The van der Waals surface area contributed by atoms with E-state index in [1.807, 2.05) is 6.92 Å². The standard InChI is InChI=1S/C13H18O/c1-11-5-3-7-13(9-11)8-4-6-12(2)10-14/h3-5,7-9,12,14H,6,10H2,1-2H3/b8-4+/t12-/m0/s1. The van der Waals surface area contributed by atoms with Gasteiger partial charge in [-0.1, -0.05) is 48.9 Å². The molecule has 1 nitrogen and oxygen atoms in total. The summed E-state index contributed by atoms with van der Waals surface area (Å²) >= 11 is 0. The van der Waals surface area contributed by atoms with Crippen molar-refractivity contribution in [2.75, 3.05) is 6.61 Å². The maximum absolute atomic E-state index is 8.84. The fourth-order valence-electron chi connectivity index (χ4n) is 1.28. The molecule has 1 heteroatoms. The highest BCUT2D eigenvalue weighted by Crippen LogP contribution is 2.08. The summed E-state index contributed by atoms with van der Waals surface area (Å²) in [6.45, 7) is 4.40. The quantitative estimate of drug-likeness (QED) is 0.773. The molecule has 0 saturated heterocycles. The Morgan fingerprint density at radius 3 is 2.86 bits per heavy atom. The zero-order valence-electron chi connectivity index (χ0n) is 8.90. The van der Waals surface area contributed by atoms with E-state index >= 15 is 0 Å². The fraction of sp³-hybridized carbons (Fsp3) is 0.385. The maximum atomic E-state index is 8.84. The molecule has 1 N–H and O–H groups in total. The van der Waals surface area contributed by atoms with Crippen molar-refractivity contribution in [2.45, 2.75) is 20.3 Å². The summed E-state index contributed by atoms with van der Waals surface area (Å²) in [7, 11) is 0. The second kappa shape index (κ2) is 5.61. The maximum Gasteiger partial charge on any atom is 0.0459 e. The molecule has 0 radical (unpaired) electrons. The Morgan fingerprint density at radius 1 is 1.43 bits per heavy atom. The summed E-state index contributed by atoms with van der Waals surface area (Å²) in [6.07, 6.45) is 5.17. The second-order valence-corrected chi connectivity index (χ2v) is 3.84. The third-order valence-electron chi connectivity index (χ3n) is 2.20. The number of hydrogen-bond acceptors (Lipinski definition) is 1. The molecule has 0 fully saturated rings. The number of aliphatic hydroxyl groups excluding tert-OH is 1. The summed E-state index contributed by atoms with van der Waals surface area (Å²) < 4.78 is 0. The molecule has 0 bridgehead atoms. The van der Waals surface area contributed by atoms with Gasteiger partial charge >= 0.3 is 0 Å². The first-order valence-corrected chi connectivity index (χ1v) is 5.06. The van der Waals surface area contributed by atoms with Gasteiger partial charge in [-0.15, -0.1) is 0 Å². The lowest BCUT2D eigenvalue weighted by Crippen LogP contribution is -1.97. The highest BCUT2D eigenvalue weighted by atomic mass is 16.3. The number of aliphatic hydroxyl groups is 1. The molecule has 0 aliphatic heterocycles. The number of rotatable bonds is 4. The van der Waals surface area contributed by atoms with Crippen molar-refractivity contribution >= 4 is 6.08 Å². The molecular weight excluding hydrogens is 172 g/mol. The van der Waals surface area contributed by atoms with Gasteiger partial charge < -0.3 is 5.11 Å². The molecule has 1 aromatic carbocycles. The predicted octanol–water partition coefficient (Wildman–Crippen LogP) is 3.03. The average molecular weight is 190 g/mol. The molecule has 1 rings (SSSR count). The van der Waals surface area contributed by atoms with Gasteiger partial charge in [-0.2, -0.15) is 0 Å². The van der Waals surface area contributed by atoms with E-state index in [0.29, 0.717) is 5.92 Å². The van der Waals surface area contributed by atoms with Crippen molar-refractivity contribution in [3.63, 3.8) is 0 Å². The third kappa shape index (κ3) is 3.75. The van der Waals surface area contributed by atoms with Crippen LogP contribution in [0.1, 0.15) is 24.5 Å². The zero-order valence-corrected chi connectivity index (χ0v) is 8.90. The number of benzene rings is 1. The zero-order chi connectivity index (χ0) is 10.4. The van der Waals surface area contributed by atoms with Crippen LogP contribution in [0, 0.1) is 12.8 Å². The molecule has 0 aromatic heterocycles. The van der Waals surface area contributed by atoms with E-state index in [4.69, 9.17) is 5.11 Å². The molecule has 0 spiro atoms. The van der Waals surface area contributed by atoms with Crippen LogP contribution in [0.2, 0.25) is 0 Å². The molecule has 0 aliphatic rings. The number of hydrogen-bond donors (Lipinski definition) is 1. The van der Waals surface area contributed by atoms with Gasteiger partial charge in [-0.3, -0.25) is 0 Å². The summed E-state index contributed by atoms with van der Waals surface area (Å²) in [6, 6.07) is 8.39. The van der Waals surface area contributed by atoms with Crippen molar-refractivity contribution in [3.05, 3.63) is 41.5 Å². The van der Waals surface area contributed by atoms with E-state index in [1.165, 1.54) is 11.1 Å². The Morgan fingerprint density at radius 2 is 2.21 bits per heavy atom. The van der Waals surface area contributed by atoms with E-state index in [9.17, 15) is 0 Å².